The third kappa shape index (κ3) is 1.98. The van der Waals surface area contributed by atoms with Gasteiger partial charge in [-0.3, -0.25) is 14.9 Å². The topological polar surface area (TPSA) is 98.3 Å². The average Bonchev–Trinajstić information content (AvgIpc) is 2.33. The van der Waals surface area contributed by atoms with E-state index in [4.69, 9.17) is 0 Å². The molecule has 17 heavy (non-hydrogen) atoms. The Morgan fingerprint density at radius 2 is 2.12 bits per heavy atom. The van der Waals surface area contributed by atoms with Gasteiger partial charge in [0.15, 0.2) is 5.82 Å². The second-order valence-electron chi connectivity index (χ2n) is 3.23. The van der Waals surface area contributed by atoms with Crippen molar-refractivity contribution in [2.75, 3.05) is 0 Å². The molecular weight excluding hydrogens is 226 g/mol. The van der Waals surface area contributed by atoms with Crippen LogP contribution in [0.3, 0.4) is 0 Å². The van der Waals surface area contributed by atoms with Crippen LogP contribution in [-0.4, -0.2) is 19.8 Å². The molecule has 0 saturated heterocycles. The van der Waals surface area contributed by atoms with Crippen LogP contribution in [0.1, 0.15) is 0 Å². The van der Waals surface area contributed by atoms with E-state index in [0.29, 0.717) is 10.3 Å². The van der Waals surface area contributed by atoms with Crippen molar-refractivity contribution in [1.29, 1.82) is 0 Å². The van der Waals surface area contributed by atoms with E-state index in [1.165, 1.54) is 30.5 Å². The van der Waals surface area contributed by atoms with Crippen molar-refractivity contribution in [3.8, 4) is 11.4 Å². The first-order valence-corrected chi connectivity index (χ1v) is 4.62. The zero-order valence-corrected chi connectivity index (χ0v) is 8.48. The second-order valence-corrected chi connectivity index (χ2v) is 3.23. The van der Waals surface area contributed by atoms with Crippen LogP contribution < -0.4 is 5.56 Å². The summed E-state index contributed by atoms with van der Waals surface area (Å²) in [6, 6.07) is 6.59. The van der Waals surface area contributed by atoms with Gasteiger partial charge in [0.25, 0.3) is 11.2 Å². The summed E-state index contributed by atoms with van der Waals surface area (Å²) >= 11 is 0. The molecule has 0 atom stereocenters. The minimum absolute atomic E-state index is 0.0406. The monoisotopic (exact) mass is 233 g/mol. The van der Waals surface area contributed by atoms with Crippen LogP contribution in [0.25, 0.3) is 11.4 Å². The van der Waals surface area contributed by atoms with Gasteiger partial charge in [0.05, 0.1) is 4.92 Å². The largest absolute Gasteiger partial charge is 0.423 e. The van der Waals surface area contributed by atoms with Crippen LogP contribution in [0.5, 0.6) is 0 Å². The molecule has 0 amide bonds. The second kappa shape index (κ2) is 4.05. The number of hydrogen-bond donors (Lipinski definition) is 1. The van der Waals surface area contributed by atoms with E-state index in [2.05, 4.69) is 4.98 Å². The smallest absolute Gasteiger partial charge is 0.286 e. The normalized spacial score (nSPS) is 10.1. The van der Waals surface area contributed by atoms with Crippen molar-refractivity contribution in [2.45, 2.75) is 0 Å². The number of nitrogens with zero attached hydrogens (tertiary/aromatic N) is 3. The number of rotatable bonds is 2. The van der Waals surface area contributed by atoms with E-state index in [9.17, 15) is 20.1 Å². The molecule has 0 spiro atoms. The van der Waals surface area contributed by atoms with Crippen LogP contribution in [0.15, 0.2) is 41.3 Å². The number of aromatic nitrogens is 2. The molecule has 7 nitrogen and oxygen atoms in total. The van der Waals surface area contributed by atoms with Crippen LogP contribution >= 0.6 is 0 Å². The van der Waals surface area contributed by atoms with Gasteiger partial charge in [-0.2, -0.15) is 0 Å². The SMILES string of the molecule is O=c1ccnc(-c2cccc([N+](=O)[O-])c2)n1O. The molecule has 0 aliphatic heterocycles. The predicted molar refractivity (Wildman–Crippen MR) is 57.8 cm³/mol. The molecule has 1 heterocycles. The van der Waals surface area contributed by atoms with E-state index in [1.807, 2.05) is 0 Å². The Morgan fingerprint density at radius 1 is 1.35 bits per heavy atom. The molecule has 0 fully saturated rings. The summed E-state index contributed by atoms with van der Waals surface area (Å²) in [5.41, 5.74) is -0.499. The molecule has 1 aromatic carbocycles. The number of hydrogen-bond acceptors (Lipinski definition) is 5. The molecule has 0 aliphatic carbocycles. The first kappa shape index (κ1) is 10.8. The van der Waals surface area contributed by atoms with E-state index in [0.717, 1.165) is 6.07 Å². The molecule has 2 rings (SSSR count). The van der Waals surface area contributed by atoms with Crippen molar-refractivity contribution < 1.29 is 10.1 Å². The average molecular weight is 233 g/mol. The summed E-state index contributed by atoms with van der Waals surface area (Å²) < 4.78 is 0.346. The van der Waals surface area contributed by atoms with Crippen LogP contribution in [0.2, 0.25) is 0 Å². The third-order valence-corrected chi connectivity index (χ3v) is 2.14. The van der Waals surface area contributed by atoms with Gasteiger partial charge in [-0.25, -0.2) is 4.98 Å². The third-order valence-electron chi connectivity index (χ3n) is 2.14. The molecule has 0 unspecified atom stereocenters. The molecule has 0 radical (unpaired) electrons. The highest BCUT2D eigenvalue weighted by atomic mass is 16.6. The zero-order valence-electron chi connectivity index (χ0n) is 8.48. The number of non-ortho nitro benzene ring substituents is 1. The molecule has 2 aromatic rings. The molecular formula is C10H7N3O4. The van der Waals surface area contributed by atoms with E-state index < -0.39 is 10.5 Å². The Morgan fingerprint density at radius 3 is 2.82 bits per heavy atom. The molecule has 1 N–H and O–H groups in total. The highest BCUT2D eigenvalue weighted by Crippen LogP contribution is 2.20. The van der Waals surface area contributed by atoms with Gasteiger partial charge in [-0.1, -0.05) is 12.1 Å². The van der Waals surface area contributed by atoms with Gasteiger partial charge in [-0.15, -0.1) is 4.73 Å². The lowest BCUT2D eigenvalue weighted by Crippen LogP contribution is -2.19. The molecule has 86 valence electrons. The zero-order chi connectivity index (χ0) is 12.4. The van der Waals surface area contributed by atoms with Gasteiger partial charge in [-0.05, 0) is 0 Å². The van der Waals surface area contributed by atoms with Gasteiger partial charge >= 0.3 is 0 Å². The van der Waals surface area contributed by atoms with Gasteiger partial charge in [0.1, 0.15) is 0 Å². The van der Waals surface area contributed by atoms with Crippen molar-refractivity contribution >= 4 is 5.69 Å². The fourth-order valence-corrected chi connectivity index (χ4v) is 1.36. The molecule has 0 bridgehead atoms. The lowest BCUT2D eigenvalue weighted by Gasteiger charge is -2.03. The summed E-state index contributed by atoms with van der Waals surface area (Å²) in [5.74, 6) is -0.0406. The number of benzene rings is 1. The predicted octanol–water partition coefficient (Wildman–Crippen LogP) is 1.06. The lowest BCUT2D eigenvalue weighted by atomic mass is 10.2. The maximum atomic E-state index is 11.2. The Bertz CT molecular complexity index is 635. The van der Waals surface area contributed by atoms with Gasteiger partial charge in [0, 0.05) is 30.0 Å². The van der Waals surface area contributed by atoms with Crippen molar-refractivity contribution in [2.24, 2.45) is 0 Å². The quantitative estimate of drug-likeness (QED) is 0.475. The van der Waals surface area contributed by atoms with Gasteiger partial charge in [0.2, 0.25) is 0 Å². The van der Waals surface area contributed by atoms with Gasteiger partial charge < -0.3 is 5.21 Å². The Kier molecular flexibility index (Phi) is 2.57. The van der Waals surface area contributed by atoms with E-state index in [-0.39, 0.29) is 11.5 Å². The maximum Gasteiger partial charge on any atom is 0.286 e. The highest BCUT2D eigenvalue weighted by Gasteiger charge is 2.11. The van der Waals surface area contributed by atoms with Crippen LogP contribution in [-0.2, 0) is 0 Å². The molecule has 7 heteroatoms. The number of nitro benzene ring substituents is 1. The molecule has 1 aromatic heterocycles. The molecule has 0 aliphatic rings. The first-order valence-electron chi connectivity index (χ1n) is 4.62. The Balaban J connectivity index is 2.61. The Hall–Kier alpha value is -2.70. The van der Waals surface area contributed by atoms with Crippen molar-refractivity contribution in [3.05, 3.63) is 57.0 Å². The Labute approximate surface area is 94.7 Å². The standard InChI is InChI=1S/C10H7N3O4/c14-9-4-5-11-10(12(9)15)7-2-1-3-8(6-7)13(16)17/h1-6,15H. The lowest BCUT2D eigenvalue weighted by molar-refractivity contribution is -0.384. The summed E-state index contributed by atoms with van der Waals surface area (Å²) in [5, 5.41) is 20.0. The fourth-order valence-electron chi connectivity index (χ4n) is 1.36. The van der Waals surface area contributed by atoms with Crippen LogP contribution in [0.4, 0.5) is 5.69 Å². The number of nitro groups is 1. The summed E-state index contributed by atoms with van der Waals surface area (Å²) in [6.07, 6.45) is 1.23. The first-order chi connectivity index (χ1) is 8.09. The molecule has 0 saturated carbocycles. The van der Waals surface area contributed by atoms with Crippen molar-refractivity contribution in [1.82, 2.24) is 9.71 Å². The van der Waals surface area contributed by atoms with Crippen LogP contribution in [0, 0.1) is 10.1 Å². The van der Waals surface area contributed by atoms with E-state index in [1.54, 1.807) is 0 Å². The maximum absolute atomic E-state index is 11.2. The summed E-state index contributed by atoms with van der Waals surface area (Å²) in [4.78, 5) is 25.0. The summed E-state index contributed by atoms with van der Waals surface area (Å²) in [6.45, 7) is 0. The minimum Gasteiger partial charge on any atom is -0.423 e. The summed E-state index contributed by atoms with van der Waals surface area (Å²) in [7, 11) is 0. The minimum atomic E-state index is -0.651. The fraction of sp³-hybridized carbons (Fsp3) is 0. The van der Waals surface area contributed by atoms with Crippen molar-refractivity contribution in [3.63, 3.8) is 0 Å². The van der Waals surface area contributed by atoms with E-state index >= 15 is 0 Å². The highest BCUT2D eigenvalue weighted by molar-refractivity contribution is 5.58.